The molecule has 0 bridgehead atoms. The number of carbonyl (C=O) groups is 2. The number of rotatable bonds is 11. The number of carbonyl (C=O) groups excluding carboxylic acids is 2. The van der Waals surface area contributed by atoms with E-state index >= 15 is 0 Å². The van der Waals surface area contributed by atoms with Crippen molar-refractivity contribution in [2.75, 3.05) is 5.75 Å². The number of amides is 2. The lowest BCUT2D eigenvalue weighted by molar-refractivity contribution is -0.139. The highest BCUT2D eigenvalue weighted by Gasteiger charge is 2.29. The largest absolute Gasteiger partial charge is 0.352 e. The molecule has 2 atom stereocenters. The van der Waals surface area contributed by atoms with E-state index in [0.29, 0.717) is 27.2 Å². The molecule has 0 aliphatic rings. The first-order valence-electron chi connectivity index (χ1n) is 10.6. The fourth-order valence-corrected chi connectivity index (χ4v) is 4.66. The maximum absolute atomic E-state index is 13.3. The molecule has 32 heavy (non-hydrogen) atoms. The highest BCUT2D eigenvalue weighted by molar-refractivity contribution is 7.99. The van der Waals surface area contributed by atoms with Crippen LogP contribution in [0.3, 0.4) is 0 Å². The fraction of sp³-hybridized carbons (Fsp3) is 0.417. The summed E-state index contributed by atoms with van der Waals surface area (Å²) in [6, 6.07) is 12.3. The number of hydrogen-bond donors (Lipinski definition) is 1. The molecule has 0 saturated heterocycles. The molecule has 0 fully saturated rings. The lowest BCUT2D eigenvalue weighted by Gasteiger charge is -2.31. The zero-order chi connectivity index (χ0) is 23.7. The van der Waals surface area contributed by atoms with E-state index in [9.17, 15) is 9.59 Å². The van der Waals surface area contributed by atoms with Gasteiger partial charge in [-0.05, 0) is 49.1 Å². The molecule has 0 aliphatic heterocycles. The van der Waals surface area contributed by atoms with Gasteiger partial charge in [0.25, 0.3) is 0 Å². The van der Waals surface area contributed by atoms with Crippen LogP contribution in [0.2, 0.25) is 15.1 Å². The van der Waals surface area contributed by atoms with Gasteiger partial charge in [-0.1, -0.05) is 72.9 Å². The Kier molecular flexibility index (Phi) is 11.2. The van der Waals surface area contributed by atoms with Crippen LogP contribution in [-0.2, 0) is 21.9 Å². The number of hydrogen-bond acceptors (Lipinski definition) is 3. The Morgan fingerprint density at radius 1 is 1.00 bits per heavy atom. The number of nitrogens with zero attached hydrogens (tertiary/aromatic N) is 1. The molecule has 2 aromatic rings. The smallest absolute Gasteiger partial charge is 0.243 e. The number of halogens is 3. The van der Waals surface area contributed by atoms with Crippen LogP contribution in [0.4, 0.5) is 0 Å². The van der Waals surface area contributed by atoms with Crippen LogP contribution >= 0.6 is 46.6 Å². The number of benzene rings is 2. The molecule has 0 saturated carbocycles. The third-order valence-corrected chi connectivity index (χ3v) is 7.24. The molecule has 2 amide bonds. The molecule has 2 aromatic carbocycles. The SMILES string of the molecule is CC[C@H](C)NC(=O)[C@H](CC)N(Cc1ccc(Cl)c(Cl)c1)C(=O)CSCc1ccccc1Cl. The van der Waals surface area contributed by atoms with Crippen molar-refractivity contribution in [1.29, 1.82) is 0 Å². The summed E-state index contributed by atoms with van der Waals surface area (Å²) in [5.41, 5.74) is 1.79. The minimum atomic E-state index is -0.577. The topological polar surface area (TPSA) is 49.4 Å². The summed E-state index contributed by atoms with van der Waals surface area (Å²) >= 11 is 19.9. The van der Waals surface area contributed by atoms with Gasteiger partial charge in [0.15, 0.2) is 0 Å². The Balaban J connectivity index is 2.18. The minimum absolute atomic E-state index is 0.0353. The zero-order valence-corrected chi connectivity index (χ0v) is 21.6. The van der Waals surface area contributed by atoms with E-state index in [4.69, 9.17) is 34.8 Å². The first-order valence-corrected chi connectivity index (χ1v) is 12.9. The quantitative estimate of drug-likeness (QED) is 0.367. The average molecular weight is 516 g/mol. The summed E-state index contributed by atoms with van der Waals surface area (Å²) < 4.78 is 0. The third-order valence-electron chi connectivity index (χ3n) is 5.16. The maximum atomic E-state index is 13.3. The van der Waals surface area contributed by atoms with E-state index in [-0.39, 0.29) is 30.2 Å². The van der Waals surface area contributed by atoms with Crippen LogP contribution in [0.1, 0.15) is 44.7 Å². The summed E-state index contributed by atoms with van der Waals surface area (Å²) in [5, 5.41) is 4.55. The second kappa shape index (κ2) is 13.3. The van der Waals surface area contributed by atoms with E-state index in [0.717, 1.165) is 17.5 Å². The molecule has 8 heteroatoms. The Bertz CT molecular complexity index is 926. The molecule has 0 unspecified atom stereocenters. The van der Waals surface area contributed by atoms with Crippen molar-refractivity contribution in [2.45, 2.75) is 58.0 Å². The van der Waals surface area contributed by atoms with Gasteiger partial charge in [-0.15, -0.1) is 11.8 Å². The molecule has 1 N–H and O–H groups in total. The highest BCUT2D eigenvalue weighted by Crippen LogP contribution is 2.25. The van der Waals surface area contributed by atoms with Crippen molar-refractivity contribution in [1.82, 2.24) is 10.2 Å². The van der Waals surface area contributed by atoms with Gasteiger partial charge in [0.05, 0.1) is 15.8 Å². The third kappa shape index (κ3) is 7.87. The van der Waals surface area contributed by atoms with Crippen molar-refractivity contribution < 1.29 is 9.59 Å². The molecular weight excluding hydrogens is 487 g/mol. The maximum Gasteiger partial charge on any atom is 0.243 e. The molecule has 0 aromatic heterocycles. The van der Waals surface area contributed by atoms with Gasteiger partial charge < -0.3 is 10.2 Å². The highest BCUT2D eigenvalue weighted by atomic mass is 35.5. The van der Waals surface area contributed by atoms with Crippen molar-refractivity contribution in [3.05, 3.63) is 68.7 Å². The monoisotopic (exact) mass is 514 g/mol. The first-order chi connectivity index (χ1) is 15.3. The number of nitrogens with one attached hydrogen (secondary N) is 1. The van der Waals surface area contributed by atoms with E-state index in [1.165, 1.54) is 11.8 Å². The normalized spacial score (nSPS) is 12.8. The van der Waals surface area contributed by atoms with Gasteiger partial charge in [-0.3, -0.25) is 9.59 Å². The Morgan fingerprint density at radius 2 is 1.72 bits per heavy atom. The number of thioether (sulfide) groups is 1. The summed E-state index contributed by atoms with van der Waals surface area (Å²) in [4.78, 5) is 27.9. The van der Waals surface area contributed by atoms with Crippen molar-refractivity contribution >= 4 is 58.4 Å². The van der Waals surface area contributed by atoms with Gasteiger partial charge in [-0.2, -0.15) is 0 Å². The predicted molar refractivity (Wildman–Crippen MR) is 137 cm³/mol. The van der Waals surface area contributed by atoms with Crippen molar-refractivity contribution in [3.8, 4) is 0 Å². The van der Waals surface area contributed by atoms with E-state index < -0.39 is 6.04 Å². The van der Waals surface area contributed by atoms with Crippen molar-refractivity contribution in [2.24, 2.45) is 0 Å². The van der Waals surface area contributed by atoms with E-state index in [1.807, 2.05) is 51.1 Å². The Hall–Kier alpha value is -1.40. The van der Waals surface area contributed by atoms with Crippen LogP contribution < -0.4 is 5.32 Å². The Labute approximate surface area is 210 Å². The molecule has 4 nitrogen and oxygen atoms in total. The average Bonchev–Trinajstić information content (AvgIpc) is 2.77. The molecule has 0 heterocycles. The van der Waals surface area contributed by atoms with Crippen molar-refractivity contribution in [3.63, 3.8) is 0 Å². The molecular formula is C24H29Cl3N2O2S. The lowest BCUT2D eigenvalue weighted by atomic mass is 10.1. The van der Waals surface area contributed by atoms with Gasteiger partial charge in [0.2, 0.25) is 11.8 Å². The second-order valence-corrected chi connectivity index (χ2v) is 9.80. The summed E-state index contributed by atoms with van der Waals surface area (Å²) in [6.45, 7) is 6.15. The summed E-state index contributed by atoms with van der Waals surface area (Å²) in [7, 11) is 0. The standard InChI is InChI=1S/C24H29Cl3N2O2S/c1-4-16(3)28-24(31)22(5-2)29(13-17-10-11-20(26)21(27)12-17)23(30)15-32-14-18-8-6-7-9-19(18)25/h6-12,16,22H,4-5,13-15H2,1-3H3,(H,28,31)/t16-,22-/m0/s1. The molecule has 0 radical (unpaired) electrons. The van der Waals surface area contributed by atoms with Crippen LogP contribution in [-0.4, -0.2) is 34.6 Å². The van der Waals surface area contributed by atoms with Gasteiger partial charge in [0, 0.05) is 23.4 Å². The van der Waals surface area contributed by atoms with Gasteiger partial charge in [0.1, 0.15) is 6.04 Å². The van der Waals surface area contributed by atoms with E-state index in [2.05, 4.69) is 5.32 Å². The zero-order valence-electron chi connectivity index (χ0n) is 18.5. The second-order valence-electron chi connectivity index (χ2n) is 7.60. The summed E-state index contributed by atoms with van der Waals surface area (Å²) in [5.74, 6) is 0.590. The predicted octanol–water partition coefficient (Wildman–Crippen LogP) is 6.60. The minimum Gasteiger partial charge on any atom is -0.352 e. The molecule has 2 rings (SSSR count). The fourth-order valence-electron chi connectivity index (χ4n) is 3.14. The van der Waals surface area contributed by atoms with Gasteiger partial charge >= 0.3 is 0 Å². The van der Waals surface area contributed by atoms with Crippen LogP contribution in [0.25, 0.3) is 0 Å². The summed E-state index contributed by atoms with van der Waals surface area (Å²) in [6.07, 6.45) is 1.32. The van der Waals surface area contributed by atoms with E-state index in [1.54, 1.807) is 17.0 Å². The molecule has 0 spiro atoms. The lowest BCUT2D eigenvalue weighted by Crippen LogP contribution is -2.51. The van der Waals surface area contributed by atoms with Crippen LogP contribution in [0.15, 0.2) is 42.5 Å². The molecule has 0 aliphatic carbocycles. The van der Waals surface area contributed by atoms with Gasteiger partial charge in [-0.25, -0.2) is 0 Å². The Morgan fingerprint density at radius 3 is 2.34 bits per heavy atom. The van der Waals surface area contributed by atoms with Crippen LogP contribution in [0, 0.1) is 0 Å². The first kappa shape index (κ1) is 26.8. The molecule has 174 valence electrons. The van der Waals surface area contributed by atoms with Crippen LogP contribution in [0.5, 0.6) is 0 Å².